The quantitative estimate of drug-likeness (QED) is 0.392. The van der Waals surface area contributed by atoms with E-state index in [4.69, 9.17) is 4.74 Å². The maximum atomic E-state index is 13.8. The summed E-state index contributed by atoms with van der Waals surface area (Å²) in [6, 6.07) is 21.1. The van der Waals surface area contributed by atoms with Crippen LogP contribution in [-0.4, -0.2) is 16.2 Å². The number of aromatic nitrogens is 2. The van der Waals surface area contributed by atoms with Crippen molar-refractivity contribution in [2.24, 2.45) is 0 Å². The van der Waals surface area contributed by atoms with E-state index in [9.17, 15) is 9.59 Å². The van der Waals surface area contributed by atoms with Crippen molar-refractivity contribution in [1.29, 1.82) is 0 Å². The number of fused-ring (bicyclic) bond motifs is 3. The minimum atomic E-state index is -0.350. The fourth-order valence-corrected chi connectivity index (χ4v) is 5.23. The van der Waals surface area contributed by atoms with Crippen molar-refractivity contribution < 1.29 is 4.74 Å². The molecule has 5 rings (SSSR count). The average molecular weight is 443 g/mol. The zero-order valence-electron chi connectivity index (χ0n) is 18.1. The predicted octanol–water partition coefficient (Wildman–Crippen LogP) is 5.04. The molecule has 0 saturated carbocycles. The second-order valence-corrected chi connectivity index (χ2v) is 8.97. The van der Waals surface area contributed by atoms with Crippen molar-refractivity contribution in [3.63, 3.8) is 0 Å². The Kier molecular flexibility index (Phi) is 4.94. The molecule has 0 aliphatic carbocycles. The van der Waals surface area contributed by atoms with Gasteiger partial charge in [-0.3, -0.25) is 9.36 Å². The van der Waals surface area contributed by atoms with Crippen molar-refractivity contribution in [3.05, 3.63) is 104 Å². The van der Waals surface area contributed by atoms with Gasteiger partial charge in [-0.25, -0.2) is 9.36 Å². The molecule has 0 amide bonds. The monoisotopic (exact) mass is 442 g/mol. The molecule has 0 aliphatic heterocycles. The van der Waals surface area contributed by atoms with Gasteiger partial charge in [0.05, 0.1) is 24.9 Å². The van der Waals surface area contributed by atoms with E-state index in [1.54, 1.807) is 35.9 Å². The molecule has 0 aliphatic rings. The Labute approximate surface area is 188 Å². The standard InChI is InChI=1S/C26H22N2O3S/c1-16-8-9-17(2)18(14-16)15-27-23-21-6-4-5-7-22(21)32-24(23)25(29)28(26(27)30)19-10-12-20(31-3)13-11-19/h4-14H,15H2,1-3H3. The second-order valence-electron chi connectivity index (χ2n) is 7.91. The van der Waals surface area contributed by atoms with Gasteiger partial charge < -0.3 is 4.74 Å². The molecular weight excluding hydrogens is 420 g/mol. The highest BCUT2D eigenvalue weighted by molar-refractivity contribution is 7.25. The van der Waals surface area contributed by atoms with Crippen LogP contribution in [0.3, 0.4) is 0 Å². The fourth-order valence-electron chi connectivity index (χ4n) is 4.10. The van der Waals surface area contributed by atoms with Gasteiger partial charge in [0.15, 0.2) is 0 Å². The molecule has 0 radical (unpaired) electrons. The largest absolute Gasteiger partial charge is 0.497 e. The van der Waals surface area contributed by atoms with E-state index in [1.165, 1.54) is 15.9 Å². The minimum absolute atomic E-state index is 0.298. The summed E-state index contributed by atoms with van der Waals surface area (Å²) in [5, 5.41) is 0.925. The van der Waals surface area contributed by atoms with Crippen LogP contribution in [0.1, 0.15) is 16.7 Å². The summed E-state index contributed by atoms with van der Waals surface area (Å²) in [5.41, 5.74) is 3.88. The van der Waals surface area contributed by atoms with Crippen LogP contribution in [-0.2, 0) is 6.54 Å². The lowest BCUT2D eigenvalue weighted by Crippen LogP contribution is -2.38. The van der Waals surface area contributed by atoms with Crippen LogP contribution in [0.4, 0.5) is 0 Å². The van der Waals surface area contributed by atoms with Crippen molar-refractivity contribution in [3.8, 4) is 11.4 Å². The number of thiophene rings is 1. The van der Waals surface area contributed by atoms with E-state index in [0.29, 0.717) is 28.2 Å². The molecule has 6 heteroatoms. The van der Waals surface area contributed by atoms with Crippen LogP contribution >= 0.6 is 11.3 Å². The normalized spacial score (nSPS) is 11.3. The van der Waals surface area contributed by atoms with E-state index in [2.05, 4.69) is 18.2 Å². The Morgan fingerprint density at radius 1 is 0.938 bits per heavy atom. The number of benzene rings is 3. The molecule has 2 heterocycles. The summed E-state index contributed by atoms with van der Waals surface area (Å²) in [6.07, 6.45) is 0. The van der Waals surface area contributed by atoms with E-state index >= 15 is 0 Å². The second kappa shape index (κ2) is 7.80. The van der Waals surface area contributed by atoms with Crippen LogP contribution in [0.2, 0.25) is 0 Å². The Balaban J connectivity index is 1.86. The minimum Gasteiger partial charge on any atom is -0.497 e. The van der Waals surface area contributed by atoms with Gasteiger partial charge in [0.25, 0.3) is 5.56 Å². The lowest BCUT2D eigenvalue weighted by atomic mass is 10.1. The summed E-state index contributed by atoms with van der Waals surface area (Å²) in [5.74, 6) is 0.667. The van der Waals surface area contributed by atoms with E-state index in [-0.39, 0.29) is 11.2 Å². The third kappa shape index (κ3) is 3.24. The SMILES string of the molecule is COc1ccc(-n2c(=O)c3sc4ccccc4c3n(Cc3cc(C)ccc3C)c2=O)cc1. The third-order valence-corrected chi connectivity index (χ3v) is 6.97. The van der Waals surface area contributed by atoms with E-state index in [1.807, 2.05) is 38.1 Å². The Bertz CT molecular complexity index is 1590. The summed E-state index contributed by atoms with van der Waals surface area (Å²) in [4.78, 5) is 27.3. The number of rotatable bonds is 4. The molecule has 0 bridgehead atoms. The van der Waals surface area contributed by atoms with Crippen molar-refractivity contribution >= 4 is 31.6 Å². The lowest BCUT2D eigenvalue weighted by Gasteiger charge is -2.15. The van der Waals surface area contributed by atoms with Crippen LogP contribution in [0.15, 0.2) is 76.3 Å². The van der Waals surface area contributed by atoms with Crippen molar-refractivity contribution in [2.45, 2.75) is 20.4 Å². The molecule has 0 unspecified atom stereocenters. The van der Waals surface area contributed by atoms with Gasteiger partial charge in [0.2, 0.25) is 0 Å². The summed E-state index contributed by atoms with van der Waals surface area (Å²) >= 11 is 1.43. The zero-order valence-corrected chi connectivity index (χ0v) is 18.9. The number of methoxy groups -OCH3 is 1. The maximum Gasteiger partial charge on any atom is 0.336 e. The first kappa shape index (κ1) is 20.3. The van der Waals surface area contributed by atoms with Crippen molar-refractivity contribution in [2.75, 3.05) is 7.11 Å². The topological polar surface area (TPSA) is 53.2 Å². The van der Waals surface area contributed by atoms with Crippen LogP contribution in [0, 0.1) is 13.8 Å². The molecule has 5 aromatic rings. The lowest BCUT2D eigenvalue weighted by molar-refractivity contribution is 0.414. The highest BCUT2D eigenvalue weighted by Crippen LogP contribution is 2.31. The average Bonchev–Trinajstić information content (AvgIpc) is 3.19. The Morgan fingerprint density at radius 2 is 1.69 bits per heavy atom. The number of ether oxygens (including phenoxy) is 1. The van der Waals surface area contributed by atoms with Gasteiger partial charge in [-0.2, -0.15) is 0 Å². The van der Waals surface area contributed by atoms with Gasteiger partial charge >= 0.3 is 5.69 Å². The van der Waals surface area contributed by atoms with Crippen LogP contribution in [0.5, 0.6) is 5.75 Å². The molecule has 0 atom stereocenters. The van der Waals surface area contributed by atoms with Gasteiger partial charge in [-0.1, -0.05) is 42.0 Å². The van der Waals surface area contributed by atoms with Gasteiger partial charge in [-0.15, -0.1) is 11.3 Å². The molecule has 0 N–H and O–H groups in total. The fraction of sp³-hybridized carbons (Fsp3) is 0.154. The van der Waals surface area contributed by atoms with Crippen LogP contribution in [0.25, 0.3) is 26.0 Å². The number of hydrogen-bond donors (Lipinski definition) is 0. The van der Waals surface area contributed by atoms with E-state index in [0.717, 1.165) is 26.8 Å². The Morgan fingerprint density at radius 3 is 2.44 bits per heavy atom. The predicted molar refractivity (Wildman–Crippen MR) is 131 cm³/mol. The van der Waals surface area contributed by atoms with Crippen LogP contribution < -0.4 is 16.0 Å². The molecule has 2 aromatic heterocycles. The summed E-state index contributed by atoms with van der Waals surface area (Å²) < 4.78 is 9.80. The molecule has 3 aromatic carbocycles. The zero-order chi connectivity index (χ0) is 22.4. The number of nitrogens with zero attached hydrogens (tertiary/aromatic N) is 2. The molecular formula is C26H22N2O3S. The highest BCUT2D eigenvalue weighted by atomic mass is 32.1. The van der Waals surface area contributed by atoms with Crippen molar-refractivity contribution in [1.82, 2.24) is 9.13 Å². The van der Waals surface area contributed by atoms with Gasteiger partial charge in [0, 0.05) is 10.1 Å². The first-order valence-electron chi connectivity index (χ1n) is 10.4. The first-order valence-corrected chi connectivity index (χ1v) is 11.2. The number of aryl methyl sites for hydroxylation is 2. The Hall–Kier alpha value is -3.64. The van der Waals surface area contributed by atoms with Gasteiger partial charge in [0.1, 0.15) is 10.4 Å². The molecule has 0 spiro atoms. The maximum absolute atomic E-state index is 13.8. The number of hydrogen-bond acceptors (Lipinski definition) is 4. The summed E-state index contributed by atoms with van der Waals surface area (Å²) in [6.45, 7) is 4.47. The van der Waals surface area contributed by atoms with Gasteiger partial charge in [-0.05, 0) is 55.3 Å². The van der Waals surface area contributed by atoms with E-state index < -0.39 is 0 Å². The first-order chi connectivity index (χ1) is 15.5. The highest BCUT2D eigenvalue weighted by Gasteiger charge is 2.20. The third-order valence-electron chi connectivity index (χ3n) is 5.82. The molecule has 5 nitrogen and oxygen atoms in total. The molecule has 32 heavy (non-hydrogen) atoms. The molecule has 0 saturated heterocycles. The summed E-state index contributed by atoms with van der Waals surface area (Å²) in [7, 11) is 1.58. The smallest absolute Gasteiger partial charge is 0.336 e. The molecule has 0 fully saturated rings. The molecule has 160 valence electrons.